The number of rotatable bonds is 18. The standard InChI is InChI=1S/C35H58O5Si2/c1-10-42(11-2,12-3)40-32-26-24-29(35(32,7)27-19-14-13-18-22-33(36)37)23-25-31(39-41(8,9)34(4,5)6)28-38-30-20-16-15-17-21-30/h14-18,20-21,24,31-32H,10-12,19,22-23,25-28H2,1-9H3,(H,36,37)/t13?,31-,32-,35+/m0/s1. The van der Waals surface area contributed by atoms with E-state index < -0.39 is 22.6 Å². The highest BCUT2D eigenvalue weighted by Gasteiger charge is 2.45. The maximum absolute atomic E-state index is 10.9. The van der Waals surface area contributed by atoms with Crippen molar-refractivity contribution in [2.75, 3.05) is 6.61 Å². The van der Waals surface area contributed by atoms with Gasteiger partial charge in [0.2, 0.25) is 0 Å². The molecule has 1 aliphatic carbocycles. The molecule has 236 valence electrons. The van der Waals surface area contributed by atoms with Crippen LogP contribution in [-0.4, -0.2) is 46.5 Å². The third-order valence-electron chi connectivity index (χ3n) is 9.85. The second-order valence-electron chi connectivity index (χ2n) is 13.6. The minimum Gasteiger partial charge on any atom is -0.491 e. The van der Waals surface area contributed by atoms with E-state index in [2.05, 4.69) is 73.4 Å². The zero-order valence-corrected chi connectivity index (χ0v) is 29.9. The molecule has 3 atom stereocenters. The largest absolute Gasteiger partial charge is 0.491 e. The maximum Gasteiger partial charge on any atom is 0.307 e. The number of hydrogen-bond acceptors (Lipinski definition) is 4. The number of aliphatic carboxylic acids is 1. The summed E-state index contributed by atoms with van der Waals surface area (Å²) >= 11 is 0. The van der Waals surface area contributed by atoms with Crippen LogP contribution in [0.4, 0.5) is 0 Å². The Hall–Kier alpha value is -1.90. The topological polar surface area (TPSA) is 65.0 Å². The molecule has 42 heavy (non-hydrogen) atoms. The Labute approximate surface area is 258 Å². The van der Waals surface area contributed by atoms with E-state index in [4.69, 9.17) is 18.7 Å². The summed E-state index contributed by atoms with van der Waals surface area (Å²) in [5, 5.41) is 9.05. The summed E-state index contributed by atoms with van der Waals surface area (Å²) in [7, 11) is -3.79. The molecule has 5 nitrogen and oxygen atoms in total. The third kappa shape index (κ3) is 10.4. The van der Waals surface area contributed by atoms with Gasteiger partial charge >= 0.3 is 5.97 Å². The van der Waals surface area contributed by atoms with Gasteiger partial charge in [0.05, 0.1) is 18.6 Å². The number of benzene rings is 1. The van der Waals surface area contributed by atoms with Crippen molar-refractivity contribution in [3.63, 3.8) is 0 Å². The Morgan fingerprint density at radius 3 is 2.33 bits per heavy atom. The second-order valence-corrected chi connectivity index (χ2v) is 23.1. The predicted octanol–water partition coefficient (Wildman–Crippen LogP) is 9.93. The van der Waals surface area contributed by atoms with E-state index in [9.17, 15) is 4.79 Å². The van der Waals surface area contributed by atoms with Gasteiger partial charge in [-0.1, -0.05) is 78.3 Å². The molecule has 0 aliphatic heterocycles. The van der Waals surface area contributed by atoms with Crippen molar-refractivity contribution in [3.8, 4) is 5.75 Å². The third-order valence-corrected chi connectivity index (χ3v) is 19.0. The van der Waals surface area contributed by atoms with E-state index in [1.807, 2.05) is 36.4 Å². The lowest BCUT2D eigenvalue weighted by molar-refractivity contribution is -0.136. The molecule has 0 unspecified atom stereocenters. The van der Waals surface area contributed by atoms with Crippen LogP contribution in [0.3, 0.4) is 0 Å². The van der Waals surface area contributed by atoms with Gasteiger partial charge in [0.15, 0.2) is 16.6 Å². The fourth-order valence-corrected chi connectivity index (χ4v) is 9.95. The molecule has 0 aromatic heterocycles. The van der Waals surface area contributed by atoms with Gasteiger partial charge in [0.1, 0.15) is 12.4 Å². The first-order chi connectivity index (χ1) is 19.7. The summed E-state index contributed by atoms with van der Waals surface area (Å²) in [6, 6.07) is 13.4. The number of para-hydroxylation sites is 1. The SMILES string of the molecule is CC[Si](CC)(CC)O[C@H]1CC=C(CC[C@@H](COc2ccccc2)O[Si](C)(C)C(C)(C)C)[C@@]1(C)CCC=C=CCC(=O)O. The van der Waals surface area contributed by atoms with Crippen LogP contribution in [0.2, 0.25) is 36.3 Å². The van der Waals surface area contributed by atoms with E-state index >= 15 is 0 Å². The molecule has 7 heteroatoms. The Morgan fingerprint density at radius 2 is 1.76 bits per heavy atom. The molecule has 0 spiro atoms. The van der Waals surface area contributed by atoms with Gasteiger partial charge in [-0.3, -0.25) is 4.79 Å². The van der Waals surface area contributed by atoms with Gasteiger partial charge in [0, 0.05) is 5.41 Å². The van der Waals surface area contributed by atoms with Crippen LogP contribution < -0.4 is 4.74 Å². The minimum absolute atomic E-state index is 0.00292. The lowest BCUT2D eigenvalue weighted by atomic mass is 9.75. The van der Waals surface area contributed by atoms with Gasteiger partial charge in [-0.05, 0) is 92.7 Å². The van der Waals surface area contributed by atoms with Crippen molar-refractivity contribution in [2.45, 2.75) is 135 Å². The van der Waals surface area contributed by atoms with E-state index in [1.54, 1.807) is 6.08 Å². The Bertz CT molecular complexity index is 1060. The molecule has 0 saturated carbocycles. The van der Waals surface area contributed by atoms with Crippen molar-refractivity contribution in [1.82, 2.24) is 0 Å². The van der Waals surface area contributed by atoms with Crippen molar-refractivity contribution in [1.29, 1.82) is 0 Å². The quantitative estimate of drug-likeness (QED) is 0.101. The first kappa shape index (κ1) is 36.3. The van der Waals surface area contributed by atoms with E-state index in [1.165, 1.54) is 5.57 Å². The fraction of sp³-hybridized carbons (Fsp3) is 0.657. The molecule has 1 aromatic carbocycles. The fourth-order valence-electron chi connectivity index (χ4n) is 5.62. The summed E-state index contributed by atoms with van der Waals surface area (Å²) in [5.74, 6) is 0.0468. The molecule has 0 saturated heterocycles. The molecule has 0 heterocycles. The molecule has 0 radical (unpaired) electrons. The Morgan fingerprint density at radius 1 is 1.12 bits per heavy atom. The van der Waals surface area contributed by atoms with Crippen LogP contribution in [0.25, 0.3) is 0 Å². The number of carbonyl (C=O) groups is 1. The van der Waals surface area contributed by atoms with Crippen LogP contribution in [0.15, 0.2) is 59.9 Å². The second kappa shape index (κ2) is 16.3. The van der Waals surface area contributed by atoms with Crippen molar-refractivity contribution in [3.05, 3.63) is 59.9 Å². The van der Waals surface area contributed by atoms with Gasteiger partial charge in [0.25, 0.3) is 0 Å². The lowest BCUT2D eigenvalue weighted by Gasteiger charge is -2.42. The first-order valence-electron chi connectivity index (χ1n) is 16.1. The van der Waals surface area contributed by atoms with Crippen LogP contribution in [-0.2, 0) is 13.6 Å². The number of carboxylic acid groups (broad SMARTS) is 1. The molecule has 1 N–H and O–H groups in total. The number of hydrogen-bond donors (Lipinski definition) is 1. The van der Waals surface area contributed by atoms with Crippen LogP contribution in [0, 0.1) is 5.41 Å². The zero-order chi connectivity index (χ0) is 31.4. The highest BCUT2D eigenvalue weighted by Crippen LogP contribution is 2.48. The molecule has 2 rings (SSSR count). The van der Waals surface area contributed by atoms with Crippen LogP contribution in [0.1, 0.15) is 87.0 Å². The van der Waals surface area contributed by atoms with Gasteiger partial charge < -0.3 is 18.7 Å². The lowest BCUT2D eigenvalue weighted by Crippen LogP contribution is -2.46. The summed E-state index contributed by atoms with van der Waals surface area (Å²) in [5.41, 5.74) is 4.46. The molecule has 0 bridgehead atoms. The van der Waals surface area contributed by atoms with E-state index in [0.29, 0.717) is 6.61 Å². The molecular weight excluding hydrogens is 557 g/mol. The van der Waals surface area contributed by atoms with Crippen LogP contribution in [0.5, 0.6) is 5.75 Å². The normalized spacial score (nSPS) is 20.0. The zero-order valence-electron chi connectivity index (χ0n) is 27.9. The molecule has 0 fully saturated rings. The molecule has 1 aromatic rings. The Kier molecular flexibility index (Phi) is 14.0. The molecular formula is C35H58O5Si2. The summed E-state index contributed by atoms with van der Waals surface area (Å²) in [6.45, 7) is 21.3. The highest BCUT2D eigenvalue weighted by molar-refractivity contribution is 6.74. The maximum atomic E-state index is 10.9. The van der Waals surface area contributed by atoms with Gasteiger partial charge in [-0.25, -0.2) is 0 Å². The predicted molar refractivity (Wildman–Crippen MR) is 180 cm³/mol. The molecule has 0 amide bonds. The van der Waals surface area contributed by atoms with Gasteiger partial charge in [-0.2, -0.15) is 0 Å². The van der Waals surface area contributed by atoms with E-state index in [-0.39, 0.29) is 29.1 Å². The van der Waals surface area contributed by atoms with Crippen molar-refractivity contribution in [2.24, 2.45) is 5.41 Å². The first-order valence-corrected chi connectivity index (χ1v) is 21.5. The van der Waals surface area contributed by atoms with Gasteiger partial charge in [-0.15, -0.1) is 5.73 Å². The number of ether oxygens (including phenoxy) is 1. The molecule has 1 aliphatic rings. The summed E-state index contributed by atoms with van der Waals surface area (Å²) in [6.07, 6.45) is 10.8. The monoisotopic (exact) mass is 614 g/mol. The average Bonchev–Trinajstić information content (AvgIpc) is 3.24. The van der Waals surface area contributed by atoms with Crippen LogP contribution >= 0.6 is 0 Å². The Balaban J connectivity index is 2.26. The summed E-state index contributed by atoms with van der Waals surface area (Å²) < 4.78 is 20.4. The number of carboxylic acids is 1. The van der Waals surface area contributed by atoms with E-state index in [0.717, 1.165) is 56.0 Å². The average molecular weight is 615 g/mol. The van der Waals surface area contributed by atoms with Crippen molar-refractivity contribution >= 4 is 22.6 Å². The minimum atomic E-state index is -2.00. The smallest absolute Gasteiger partial charge is 0.307 e. The van der Waals surface area contributed by atoms with Crippen molar-refractivity contribution < 1.29 is 23.5 Å². The highest BCUT2D eigenvalue weighted by atomic mass is 28.4. The summed E-state index contributed by atoms with van der Waals surface area (Å²) in [4.78, 5) is 10.9.